The number of aliphatic imine (C=N–C) groups is 1. The molecular formula is C19H22Cl2N4O3S. The van der Waals surface area contributed by atoms with E-state index in [2.05, 4.69) is 10.3 Å². The summed E-state index contributed by atoms with van der Waals surface area (Å²) in [5.41, 5.74) is 0.548. The molecule has 0 saturated heterocycles. The van der Waals surface area contributed by atoms with Crippen LogP contribution in [0.1, 0.15) is 31.0 Å². The second-order valence-corrected chi connectivity index (χ2v) is 10.6. The van der Waals surface area contributed by atoms with Crippen LogP contribution in [0.2, 0.25) is 0 Å². The maximum atomic E-state index is 12.0. The molecule has 1 saturated carbocycles. The van der Waals surface area contributed by atoms with Gasteiger partial charge in [-0.1, -0.05) is 0 Å². The van der Waals surface area contributed by atoms with Crippen molar-refractivity contribution in [1.29, 1.82) is 0 Å². The van der Waals surface area contributed by atoms with Gasteiger partial charge in [0.1, 0.15) is 17.4 Å². The van der Waals surface area contributed by atoms with Gasteiger partial charge in [0, 0.05) is 29.8 Å². The summed E-state index contributed by atoms with van der Waals surface area (Å²) in [7, 11) is -1.80. The number of sulfone groups is 1. The van der Waals surface area contributed by atoms with Crippen LogP contribution in [0, 0.1) is 0 Å². The third-order valence-electron chi connectivity index (χ3n) is 5.30. The third kappa shape index (κ3) is 3.98. The molecule has 0 radical (unpaired) electrons. The number of fused-ring (bicyclic) bond motifs is 1. The molecule has 0 bridgehead atoms. The van der Waals surface area contributed by atoms with Crippen molar-refractivity contribution in [1.82, 2.24) is 14.9 Å². The zero-order valence-electron chi connectivity index (χ0n) is 16.0. The number of allylic oxidation sites excluding steroid dienone is 1. The molecule has 156 valence electrons. The molecule has 1 aromatic carbocycles. The van der Waals surface area contributed by atoms with Crippen LogP contribution in [0.25, 0.3) is 11.0 Å². The highest BCUT2D eigenvalue weighted by Gasteiger charge is 2.33. The highest BCUT2D eigenvalue weighted by Crippen LogP contribution is 2.39. The largest absolute Gasteiger partial charge is 0.497 e. The molecule has 10 heteroatoms. The Kier molecular flexibility index (Phi) is 5.52. The first-order valence-corrected chi connectivity index (χ1v) is 12.1. The van der Waals surface area contributed by atoms with E-state index in [1.807, 2.05) is 22.8 Å². The number of nitrogens with one attached hydrogen (secondary N) is 1. The van der Waals surface area contributed by atoms with Crippen molar-refractivity contribution in [3.05, 3.63) is 36.3 Å². The summed E-state index contributed by atoms with van der Waals surface area (Å²) < 4.78 is 31.3. The van der Waals surface area contributed by atoms with Crippen molar-refractivity contribution in [3.63, 3.8) is 0 Å². The lowest BCUT2D eigenvalue weighted by atomic mass is 9.88. The molecule has 4 unspecified atom stereocenters. The summed E-state index contributed by atoms with van der Waals surface area (Å²) in [6.07, 6.45) is 6.85. The minimum Gasteiger partial charge on any atom is -0.497 e. The number of rotatable bonds is 3. The Morgan fingerprint density at radius 2 is 2.03 bits per heavy atom. The van der Waals surface area contributed by atoms with E-state index in [1.54, 1.807) is 19.4 Å². The molecule has 1 aromatic heterocycles. The number of benzene rings is 1. The molecule has 1 aliphatic heterocycles. The molecule has 7 nitrogen and oxygen atoms in total. The summed E-state index contributed by atoms with van der Waals surface area (Å²) in [5, 5.41) is 2.58. The van der Waals surface area contributed by atoms with E-state index in [4.69, 9.17) is 32.9 Å². The molecule has 0 spiro atoms. The standard InChI is InChI=1S/C19H22Cl2N4O3S/c1-28-12-4-6-16-15(10-12)23-18(11-3-5-13(20)14(21)9-11)25(16)17-7-8-22-19(24-17)29(2,26)27/h4,6-8,10-11,13-14,19,22H,3,5,9H2,1-2H3. The van der Waals surface area contributed by atoms with Crippen LogP contribution in [-0.2, 0) is 9.84 Å². The monoisotopic (exact) mass is 456 g/mol. The van der Waals surface area contributed by atoms with Crippen molar-refractivity contribution < 1.29 is 13.2 Å². The second kappa shape index (κ2) is 7.81. The van der Waals surface area contributed by atoms with Crippen molar-refractivity contribution in [2.24, 2.45) is 4.99 Å². The number of hydrogen-bond acceptors (Lipinski definition) is 6. The fourth-order valence-corrected chi connectivity index (χ4v) is 4.99. The number of ether oxygens (including phenoxy) is 1. The minimum absolute atomic E-state index is 0.0587. The van der Waals surface area contributed by atoms with Crippen LogP contribution in [0.3, 0.4) is 0 Å². The topological polar surface area (TPSA) is 85.6 Å². The van der Waals surface area contributed by atoms with E-state index in [-0.39, 0.29) is 16.7 Å². The van der Waals surface area contributed by atoms with Gasteiger partial charge >= 0.3 is 0 Å². The SMILES string of the molecule is COc1ccc2c(c1)nc(C1CCC(Cl)C(Cl)C1)n2C1=NC(S(C)(=O)=O)NC=C1. The van der Waals surface area contributed by atoms with Gasteiger partial charge in [-0.2, -0.15) is 0 Å². The van der Waals surface area contributed by atoms with Crippen LogP contribution < -0.4 is 10.1 Å². The average molecular weight is 457 g/mol. The summed E-state index contributed by atoms with van der Waals surface area (Å²) >= 11 is 12.8. The Labute approximate surface area is 179 Å². The Bertz CT molecular complexity index is 1100. The van der Waals surface area contributed by atoms with Gasteiger partial charge in [-0.05, 0) is 37.5 Å². The van der Waals surface area contributed by atoms with Gasteiger partial charge in [-0.3, -0.25) is 4.57 Å². The van der Waals surface area contributed by atoms with Crippen LogP contribution in [-0.4, -0.2) is 53.4 Å². The zero-order chi connectivity index (χ0) is 20.8. The van der Waals surface area contributed by atoms with Gasteiger partial charge in [-0.15, -0.1) is 23.2 Å². The third-order valence-corrected chi connectivity index (χ3v) is 7.49. The fraction of sp³-hybridized carbons (Fsp3) is 0.474. The van der Waals surface area contributed by atoms with Crippen LogP contribution in [0.5, 0.6) is 5.75 Å². The molecule has 2 aliphatic rings. The molecule has 1 fully saturated rings. The highest BCUT2D eigenvalue weighted by atomic mass is 35.5. The number of hydrogen-bond donors (Lipinski definition) is 1. The highest BCUT2D eigenvalue weighted by molar-refractivity contribution is 7.91. The van der Waals surface area contributed by atoms with Gasteiger partial charge in [0.05, 0.1) is 23.5 Å². The van der Waals surface area contributed by atoms with Crippen molar-refractivity contribution in [3.8, 4) is 5.75 Å². The Balaban J connectivity index is 1.87. The quantitative estimate of drug-likeness (QED) is 0.716. The van der Waals surface area contributed by atoms with Crippen LogP contribution in [0.4, 0.5) is 0 Å². The number of imidazole rings is 1. The molecule has 1 aliphatic carbocycles. The Hall–Kier alpha value is -1.77. The number of nitrogens with zero attached hydrogens (tertiary/aromatic N) is 3. The van der Waals surface area contributed by atoms with Crippen molar-refractivity contribution in [2.45, 2.75) is 41.4 Å². The van der Waals surface area contributed by atoms with E-state index in [9.17, 15) is 8.42 Å². The van der Waals surface area contributed by atoms with E-state index < -0.39 is 15.3 Å². The van der Waals surface area contributed by atoms with Crippen molar-refractivity contribution in [2.75, 3.05) is 13.4 Å². The molecule has 4 atom stereocenters. The molecule has 0 amide bonds. The molecule has 2 heterocycles. The zero-order valence-corrected chi connectivity index (χ0v) is 18.4. The summed E-state index contributed by atoms with van der Waals surface area (Å²) in [6, 6.07) is 5.62. The smallest absolute Gasteiger partial charge is 0.223 e. The summed E-state index contributed by atoms with van der Waals surface area (Å²) in [6.45, 7) is 0. The lowest BCUT2D eigenvalue weighted by molar-refractivity contribution is 0.415. The van der Waals surface area contributed by atoms with E-state index in [0.29, 0.717) is 18.0 Å². The van der Waals surface area contributed by atoms with Crippen LogP contribution >= 0.6 is 23.2 Å². The number of aromatic nitrogens is 2. The summed E-state index contributed by atoms with van der Waals surface area (Å²) in [4.78, 5) is 9.30. The maximum absolute atomic E-state index is 12.0. The normalized spacial score (nSPS) is 27.5. The van der Waals surface area contributed by atoms with Gasteiger partial charge in [0.15, 0.2) is 9.84 Å². The lowest BCUT2D eigenvalue weighted by Gasteiger charge is -2.29. The number of halogens is 2. The first kappa shape index (κ1) is 20.5. The molecular weight excluding hydrogens is 435 g/mol. The first-order valence-electron chi connectivity index (χ1n) is 9.32. The first-order chi connectivity index (χ1) is 13.8. The van der Waals surface area contributed by atoms with Gasteiger partial charge in [0.2, 0.25) is 5.50 Å². The lowest BCUT2D eigenvalue weighted by Crippen LogP contribution is -2.36. The van der Waals surface area contributed by atoms with Gasteiger partial charge < -0.3 is 10.1 Å². The van der Waals surface area contributed by atoms with Crippen LogP contribution in [0.15, 0.2) is 35.5 Å². The van der Waals surface area contributed by atoms with Crippen molar-refractivity contribution >= 4 is 49.9 Å². The number of alkyl halides is 2. The minimum atomic E-state index is -3.41. The van der Waals surface area contributed by atoms with Gasteiger partial charge in [-0.25, -0.2) is 18.4 Å². The molecule has 1 N–H and O–H groups in total. The molecule has 29 heavy (non-hydrogen) atoms. The van der Waals surface area contributed by atoms with E-state index in [0.717, 1.165) is 36.0 Å². The predicted molar refractivity (Wildman–Crippen MR) is 116 cm³/mol. The molecule has 2 aromatic rings. The fourth-order valence-electron chi connectivity index (χ4n) is 3.79. The Morgan fingerprint density at radius 3 is 2.72 bits per heavy atom. The van der Waals surface area contributed by atoms with Gasteiger partial charge in [0.25, 0.3) is 0 Å². The van der Waals surface area contributed by atoms with E-state index in [1.165, 1.54) is 0 Å². The molecule has 4 rings (SSSR count). The number of methoxy groups -OCH3 is 1. The summed E-state index contributed by atoms with van der Waals surface area (Å²) in [5.74, 6) is 2.11. The average Bonchev–Trinajstić information content (AvgIpc) is 3.08. The van der Waals surface area contributed by atoms with E-state index >= 15 is 0 Å². The predicted octanol–water partition coefficient (Wildman–Crippen LogP) is 3.22. The Morgan fingerprint density at radius 1 is 1.24 bits per heavy atom. The maximum Gasteiger partial charge on any atom is 0.223 e. The second-order valence-electron chi connectivity index (χ2n) is 7.37.